The molecule has 0 spiro atoms. The van der Waals surface area contributed by atoms with Gasteiger partial charge in [0, 0.05) is 38.3 Å². The van der Waals surface area contributed by atoms with Crippen molar-refractivity contribution in [3.8, 4) is 11.3 Å². The second kappa shape index (κ2) is 8.78. The number of carbonyl (C=O) groups excluding carboxylic acids is 1. The van der Waals surface area contributed by atoms with E-state index in [4.69, 9.17) is 4.98 Å². The summed E-state index contributed by atoms with van der Waals surface area (Å²) in [6, 6.07) is 10.6. The standard InChI is InChI=1S/C22H25FN4OS/c1-2-3-9-24-22(28)27-12-10-26(11-13-27)20-15-19(16-4-6-17(23)7-5-16)25-18-8-14-29-21(18)20/h4-8,14-15H,2-3,9-13H2,1H3,(H,24,28). The Morgan fingerprint density at radius 2 is 1.93 bits per heavy atom. The minimum Gasteiger partial charge on any atom is -0.367 e. The first-order chi connectivity index (χ1) is 14.2. The molecule has 0 unspecified atom stereocenters. The number of rotatable bonds is 5. The number of halogens is 1. The van der Waals surface area contributed by atoms with Crippen LogP contribution in [0.3, 0.4) is 0 Å². The molecule has 2 amide bonds. The van der Waals surface area contributed by atoms with Gasteiger partial charge in [0.2, 0.25) is 0 Å². The predicted molar refractivity (Wildman–Crippen MR) is 117 cm³/mol. The van der Waals surface area contributed by atoms with Crippen LogP contribution in [0.1, 0.15) is 19.8 Å². The molecule has 1 fully saturated rings. The average Bonchev–Trinajstić information content (AvgIpc) is 3.22. The van der Waals surface area contributed by atoms with Crippen LogP contribution in [0.25, 0.3) is 21.5 Å². The van der Waals surface area contributed by atoms with Crippen molar-refractivity contribution in [2.75, 3.05) is 37.6 Å². The molecule has 0 saturated carbocycles. The maximum atomic E-state index is 13.3. The minimum absolute atomic E-state index is 0.0288. The molecule has 29 heavy (non-hydrogen) atoms. The summed E-state index contributed by atoms with van der Waals surface area (Å²) in [7, 11) is 0. The van der Waals surface area contributed by atoms with Gasteiger partial charge in [-0.1, -0.05) is 13.3 Å². The van der Waals surface area contributed by atoms with Crippen molar-refractivity contribution >= 4 is 33.3 Å². The number of hydrogen-bond acceptors (Lipinski definition) is 4. The predicted octanol–water partition coefficient (Wildman–Crippen LogP) is 4.73. The third kappa shape index (κ3) is 4.34. The highest BCUT2D eigenvalue weighted by atomic mass is 32.1. The summed E-state index contributed by atoms with van der Waals surface area (Å²) >= 11 is 1.68. The van der Waals surface area contributed by atoms with E-state index in [0.717, 1.165) is 59.6 Å². The smallest absolute Gasteiger partial charge is 0.317 e. The second-order valence-electron chi connectivity index (χ2n) is 7.23. The fraction of sp³-hybridized carbons (Fsp3) is 0.364. The Morgan fingerprint density at radius 3 is 2.66 bits per heavy atom. The molecule has 3 heterocycles. The second-order valence-corrected chi connectivity index (χ2v) is 8.14. The van der Waals surface area contributed by atoms with Crippen LogP contribution >= 0.6 is 11.3 Å². The third-order valence-electron chi connectivity index (χ3n) is 5.25. The molecular weight excluding hydrogens is 387 g/mol. The molecule has 3 aromatic rings. The fourth-order valence-corrected chi connectivity index (χ4v) is 4.45. The van der Waals surface area contributed by atoms with Crippen LogP contribution in [-0.4, -0.2) is 48.6 Å². The van der Waals surface area contributed by atoms with Crippen LogP contribution in [0.5, 0.6) is 0 Å². The lowest BCUT2D eigenvalue weighted by molar-refractivity contribution is 0.194. The van der Waals surface area contributed by atoms with Crippen LogP contribution in [0.2, 0.25) is 0 Å². The number of fused-ring (bicyclic) bond motifs is 1. The van der Waals surface area contributed by atoms with Crippen LogP contribution < -0.4 is 10.2 Å². The highest BCUT2D eigenvalue weighted by molar-refractivity contribution is 7.17. The summed E-state index contributed by atoms with van der Waals surface area (Å²) < 4.78 is 14.5. The van der Waals surface area contributed by atoms with E-state index in [1.54, 1.807) is 23.5 Å². The number of urea groups is 1. The van der Waals surface area contributed by atoms with Gasteiger partial charge in [0.1, 0.15) is 5.82 Å². The molecule has 152 valence electrons. The van der Waals surface area contributed by atoms with Crippen LogP contribution in [0.15, 0.2) is 41.8 Å². The number of nitrogens with zero attached hydrogens (tertiary/aromatic N) is 3. The number of nitrogens with one attached hydrogen (secondary N) is 1. The summed E-state index contributed by atoms with van der Waals surface area (Å²) in [5.41, 5.74) is 3.82. The number of piperazine rings is 1. The normalized spacial score (nSPS) is 14.4. The van der Waals surface area contributed by atoms with Gasteiger partial charge in [-0.15, -0.1) is 11.3 Å². The molecule has 1 aromatic carbocycles. The van der Waals surface area contributed by atoms with Gasteiger partial charge in [0.15, 0.2) is 0 Å². The van der Waals surface area contributed by atoms with Gasteiger partial charge in [0.05, 0.1) is 21.6 Å². The average molecular weight is 413 g/mol. The molecule has 1 saturated heterocycles. The molecule has 0 atom stereocenters. The molecule has 0 aliphatic carbocycles. The number of benzene rings is 1. The summed E-state index contributed by atoms with van der Waals surface area (Å²) in [5.74, 6) is -0.251. The minimum atomic E-state index is -0.251. The number of hydrogen-bond donors (Lipinski definition) is 1. The first-order valence-corrected chi connectivity index (χ1v) is 11.0. The molecule has 5 nitrogen and oxygen atoms in total. The summed E-state index contributed by atoms with van der Waals surface area (Å²) in [5, 5.41) is 5.05. The van der Waals surface area contributed by atoms with E-state index in [-0.39, 0.29) is 11.8 Å². The molecule has 0 radical (unpaired) electrons. The molecule has 1 aliphatic rings. The zero-order chi connectivity index (χ0) is 20.2. The van der Waals surface area contributed by atoms with E-state index in [2.05, 4.69) is 23.2 Å². The van der Waals surface area contributed by atoms with Crippen molar-refractivity contribution < 1.29 is 9.18 Å². The quantitative estimate of drug-likeness (QED) is 0.616. The largest absolute Gasteiger partial charge is 0.367 e. The van der Waals surface area contributed by atoms with Gasteiger partial charge in [-0.3, -0.25) is 0 Å². The molecule has 4 rings (SSSR count). The number of pyridine rings is 1. The van der Waals surface area contributed by atoms with E-state index < -0.39 is 0 Å². The van der Waals surface area contributed by atoms with E-state index >= 15 is 0 Å². The fourth-order valence-electron chi connectivity index (χ4n) is 3.58. The van der Waals surface area contributed by atoms with Crippen molar-refractivity contribution in [3.63, 3.8) is 0 Å². The zero-order valence-electron chi connectivity index (χ0n) is 16.5. The van der Waals surface area contributed by atoms with E-state index in [1.165, 1.54) is 12.1 Å². The SMILES string of the molecule is CCCCNC(=O)N1CCN(c2cc(-c3ccc(F)cc3)nc3ccsc23)CC1. The van der Waals surface area contributed by atoms with Crippen molar-refractivity contribution in [2.24, 2.45) is 0 Å². The maximum absolute atomic E-state index is 13.3. The number of unbranched alkanes of at least 4 members (excludes halogenated alkanes) is 1. The summed E-state index contributed by atoms with van der Waals surface area (Å²) in [6.45, 7) is 5.79. The van der Waals surface area contributed by atoms with E-state index in [1.807, 2.05) is 16.3 Å². The first kappa shape index (κ1) is 19.6. The van der Waals surface area contributed by atoms with Crippen LogP contribution in [-0.2, 0) is 0 Å². The highest BCUT2D eigenvalue weighted by Gasteiger charge is 2.23. The molecule has 0 bridgehead atoms. The van der Waals surface area contributed by atoms with Crippen molar-refractivity contribution in [2.45, 2.75) is 19.8 Å². The zero-order valence-corrected chi connectivity index (χ0v) is 17.3. The molecular formula is C22H25FN4OS. The van der Waals surface area contributed by atoms with Crippen LogP contribution in [0, 0.1) is 5.82 Å². The number of anilines is 1. The Morgan fingerprint density at radius 1 is 1.17 bits per heavy atom. The van der Waals surface area contributed by atoms with Gasteiger partial charge < -0.3 is 15.1 Å². The lowest BCUT2D eigenvalue weighted by atomic mass is 10.1. The van der Waals surface area contributed by atoms with Gasteiger partial charge in [-0.2, -0.15) is 0 Å². The van der Waals surface area contributed by atoms with E-state index in [0.29, 0.717) is 13.1 Å². The Bertz CT molecular complexity index is 980. The first-order valence-electron chi connectivity index (χ1n) is 10.1. The Balaban J connectivity index is 1.53. The van der Waals surface area contributed by atoms with Gasteiger partial charge >= 0.3 is 6.03 Å². The molecule has 1 N–H and O–H groups in total. The molecule has 2 aromatic heterocycles. The molecule has 1 aliphatic heterocycles. The van der Waals surface area contributed by atoms with Gasteiger partial charge in [0.25, 0.3) is 0 Å². The van der Waals surface area contributed by atoms with Crippen molar-refractivity contribution in [1.82, 2.24) is 15.2 Å². The number of carbonyl (C=O) groups is 1. The Hall–Kier alpha value is -2.67. The number of amides is 2. The van der Waals surface area contributed by atoms with Gasteiger partial charge in [-0.05, 0) is 48.2 Å². The number of thiophene rings is 1. The summed E-state index contributed by atoms with van der Waals surface area (Å²) in [6.07, 6.45) is 2.08. The molecule has 7 heteroatoms. The summed E-state index contributed by atoms with van der Waals surface area (Å²) in [4.78, 5) is 21.3. The van der Waals surface area contributed by atoms with E-state index in [9.17, 15) is 9.18 Å². The third-order valence-corrected chi connectivity index (χ3v) is 6.17. The topological polar surface area (TPSA) is 48.5 Å². The van der Waals surface area contributed by atoms with Gasteiger partial charge in [-0.25, -0.2) is 14.2 Å². The lowest BCUT2D eigenvalue weighted by Crippen LogP contribution is -2.52. The van der Waals surface area contributed by atoms with Crippen molar-refractivity contribution in [1.29, 1.82) is 0 Å². The number of aromatic nitrogens is 1. The monoisotopic (exact) mass is 412 g/mol. The maximum Gasteiger partial charge on any atom is 0.317 e. The Labute approximate surface area is 174 Å². The van der Waals surface area contributed by atoms with Crippen LogP contribution in [0.4, 0.5) is 14.9 Å². The highest BCUT2D eigenvalue weighted by Crippen LogP contribution is 2.34. The van der Waals surface area contributed by atoms with Crippen molar-refractivity contribution in [3.05, 3.63) is 47.6 Å². The Kier molecular flexibility index (Phi) is 5.94. The lowest BCUT2D eigenvalue weighted by Gasteiger charge is -2.36.